The Hall–Kier alpha value is -0.160. The van der Waals surface area contributed by atoms with Gasteiger partial charge in [0.15, 0.2) is 0 Å². The van der Waals surface area contributed by atoms with E-state index in [4.69, 9.17) is 12.2 Å². The van der Waals surface area contributed by atoms with E-state index in [2.05, 4.69) is 54.2 Å². The lowest BCUT2D eigenvalue weighted by Crippen LogP contribution is -2.36. The van der Waals surface area contributed by atoms with Crippen molar-refractivity contribution in [1.29, 1.82) is 0 Å². The molecule has 1 nitrogen and oxygen atoms in total. The molecule has 2 atom stereocenters. The fourth-order valence-electron chi connectivity index (χ4n) is 3.22. The minimum absolute atomic E-state index is 0.427. The molecular weight excluding hydrogens is 350 g/mol. The van der Waals surface area contributed by atoms with Crippen LogP contribution in [-0.4, -0.2) is 15.1 Å². The van der Waals surface area contributed by atoms with E-state index >= 15 is 0 Å². The van der Waals surface area contributed by atoms with Crippen molar-refractivity contribution in [1.82, 2.24) is 0 Å². The Morgan fingerprint density at radius 3 is 2.55 bits per heavy atom. The SMILES string of the molecule is C[C@@H](c1ccc(Br)cc1)[N@@+]1(C)SC(=S)C2=C1CCCC2. The zero-order chi connectivity index (χ0) is 14.3. The molecule has 106 valence electrons. The van der Waals surface area contributed by atoms with Crippen molar-refractivity contribution in [2.24, 2.45) is 0 Å². The molecule has 0 spiro atoms. The third-order valence-electron chi connectivity index (χ3n) is 4.59. The molecule has 4 heteroatoms. The van der Waals surface area contributed by atoms with Gasteiger partial charge in [0.2, 0.25) is 0 Å². The molecule has 0 unspecified atom stereocenters. The summed E-state index contributed by atoms with van der Waals surface area (Å²) in [6.07, 6.45) is 5.00. The van der Waals surface area contributed by atoms with Gasteiger partial charge in [-0.1, -0.05) is 40.3 Å². The van der Waals surface area contributed by atoms with Crippen molar-refractivity contribution < 1.29 is 3.89 Å². The maximum atomic E-state index is 5.64. The lowest BCUT2D eigenvalue weighted by Gasteiger charge is -2.36. The van der Waals surface area contributed by atoms with Gasteiger partial charge in [-0.2, -0.15) is 0 Å². The van der Waals surface area contributed by atoms with Gasteiger partial charge < -0.3 is 0 Å². The van der Waals surface area contributed by atoms with Gasteiger partial charge in [-0.05, 0) is 38.3 Å². The van der Waals surface area contributed by atoms with Crippen LogP contribution in [0.15, 0.2) is 40.0 Å². The molecular formula is C16H19BrNS2+. The topological polar surface area (TPSA) is 0 Å². The molecule has 0 amide bonds. The molecule has 1 heterocycles. The van der Waals surface area contributed by atoms with Gasteiger partial charge in [0.1, 0.15) is 27.9 Å². The van der Waals surface area contributed by atoms with Crippen molar-refractivity contribution in [3.05, 3.63) is 45.6 Å². The Bertz CT molecular complexity index is 579. The number of halogens is 1. The van der Waals surface area contributed by atoms with Crippen LogP contribution < -0.4 is 0 Å². The van der Waals surface area contributed by atoms with Crippen LogP contribution in [0.4, 0.5) is 0 Å². The number of allylic oxidation sites excluding steroid dienone is 1. The van der Waals surface area contributed by atoms with E-state index in [-0.39, 0.29) is 0 Å². The van der Waals surface area contributed by atoms with Crippen LogP contribution in [0.25, 0.3) is 0 Å². The highest BCUT2D eigenvalue weighted by molar-refractivity contribution is 9.10. The number of thiocarbonyl (C=S) groups is 1. The first-order valence-corrected chi connectivity index (χ1v) is 9.08. The largest absolute Gasteiger partial charge is 0.224 e. The predicted octanol–water partition coefficient (Wildman–Crippen LogP) is 5.77. The summed E-state index contributed by atoms with van der Waals surface area (Å²) in [4.78, 5) is 0. The second kappa shape index (κ2) is 5.56. The number of rotatable bonds is 2. The normalized spacial score (nSPS) is 27.6. The summed E-state index contributed by atoms with van der Waals surface area (Å²) >= 11 is 11.0. The first kappa shape index (κ1) is 14.8. The molecule has 1 aromatic carbocycles. The minimum Gasteiger partial charge on any atom is -0.224 e. The fourth-order valence-corrected chi connectivity index (χ4v) is 5.44. The van der Waals surface area contributed by atoms with Gasteiger partial charge >= 0.3 is 0 Å². The predicted molar refractivity (Wildman–Crippen MR) is 94.4 cm³/mol. The van der Waals surface area contributed by atoms with Crippen LogP contribution in [0.3, 0.4) is 0 Å². The number of nitrogens with zero attached hydrogens (tertiary/aromatic N) is 1. The summed E-state index contributed by atoms with van der Waals surface area (Å²) in [7, 11) is 2.33. The van der Waals surface area contributed by atoms with Gasteiger partial charge in [-0.25, -0.2) is 3.89 Å². The second-order valence-electron chi connectivity index (χ2n) is 5.73. The van der Waals surface area contributed by atoms with Crippen LogP contribution in [0, 0.1) is 0 Å². The number of hydrogen-bond acceptors (Lipinski definition) is 2. The van der Waals surface area contributed by atoms with E-state index in [0.717, 1.165) is 12.6 Å². The highest BCUT2D eigenvalue weighted by Gasteiger charge is 2.47. The summed E-state index contributed by atoms with van der Waals surface area (Å²) in [6.45, 7) is 2.32. The molecule has 0 saturated heterocycles. The molecule has 1 aromatic rings. The van der Waals surface area contributed by atoms with Crippen LogP contribution in [0.2, 0.25) is 0 Å². The molecule has 1 aliphatic heterocycles. The summed E-state index contributed by atoms with van der Waals surface area (Å²) in [6, 6.07) is 9.14. The second-order valence-corrected chi connectivity index (χ2v) is 8.66. The molecule has 0 fully saturated rings. The number of benzene rings is 1. The molecule has 0 saturated carbocycles. The van der Waals surface area contributed by atoms with Gasteiger partial charge in [-0.3, -0.25) is 0 Å². The van der Waals surface area contributed by atoms with E-state index in [0.29, 0.717) is 6.04 Å². The van der Waals surface area contributed by atoms with Crippen LogP contribution >= 0.6 is 40.1 Å². The Balaban J connectivity index is 1.98. The average molecular weight is 369 g/mol. The maximum absolute atomic E-state index is 5.64. The zero-order valence-corrected chi connectivity index (χ0v) is 15.1. The molecule has 1 aliphatic carbocycles. The summed E-state index contributed by atoms with van der Waals surface area (Å²) in [5.74, 6) is 0. The number of hydrogen-bond donors (Lipinski definition) is 0. The maximum Gasteiger partial charge on any atom is 0.138 e. The Morgan fingerprint density at radius 1 is 1.20 bits per heavy atom. The molecule has 0 radical (unpaired) electrons. The number of quaternary nitrogens is 1. The van der Waals surface area contributed by atoms with Crippen molar-refractivity contribution in [2.45, 2.75) is 38.6 Å². The Kier molecular flexibility index (Phi) is 4.10. The van der Waals surface area contributed by atoms with Crippen molar-refractivity contribution >= 4 is 44.3 Å². The Labute approximate surface area is 139 Å². The summed E-state index contributed by atoms with van der Waals surface area (Å²) in [5.41, 5.74) is 4.43. The smallest absolute Gasteiger partial charge is 0.138 e. The Morgan fingerprint density at radius 2 is 1.85 bits per heavy atom. The van der Waals surface area contributed by atoms with Crippen LogP contribution in [0.1, 0.15) is 44.2 Å². The molecule has 0 bridgehead atoms. The van der Waals surface area contributed by atoms with Crippen LogP contribution in [0.5, 0.6) is 0 Å². The molecule has 3 rings (SSSR count). The van der Waals surface area contributed by atoms with E-state index in [1.54, 1.807) is 5.70 Å². The van der Waals surface area contributed by atoms with Gasteiger partial charge in [-0.15, -0.1) is 0 Å². The van der Waals surface area contributed by atoms with E-state index in [9.17, 15) is 0 Å². The van der Waals surface area contributed by atoms with Crippen molar-refractivity contribution in [3.63, 3.8) is 0 Å². The zero-order valence-electron chi connectivity index (χ0n) is 11.9. The van der Waals surface area contributed by atoms with Crippen molar-refractivity contribution in [3.8, 4) is 0 Å². The fraction of sp³-hybridized carbons (Fsp3) is 0.438. The first-order valence-electron chi connectivity index (χ1n) is 7.10. The average Bonchev–Trinajstić information content (AvgIpc) is 2.72. The monoisotopic (exact) mass is 368 g/mol. The summed E-state index contributed by atoms with van der Waals surface area (Å²) < 4.78 is 3.18. The van der Waals surface area contributed by atoms with Gasteiger partial charge in [0.05, 0.1) is 7.05 Å². The van der Waals surface area contributed by atoms with Gasteiger partial charge in [0.25, 0.3) is 0 Å². The lowest BCUT2D eigenvalue weighted by atomic mass is 9.95. The standard InChI is InChI=1S/C16H19BrNS2/c1-11(12-7-9-13(17)10-8-12)18(2)15-6-4-3-5-14(15)16(19)20-18/h7-11H,3-6H2,1-2H3/q+1/t11-,18+/m0/s1. The van der Waals surface area contributed by atoms with E-state index in [1.165, 1.54) is 36.8 Å². The van der Waals surface area contributed by atoms with Gasteiger partial charge in [0, 0.05) is 22.0 Å². The minimum atomic E-state index is 0.427. The van der Waals surface area contributed by atoms with E-state index in [1.807, 2.05) is 11.9 Å². The van der Waals surface area contributed by atoms with E-state index < -0.39 is 0 Å². The molecule has 20 heavy (non-hydrogen) atoms. The molecule has 2 aliphatic rings. The third kappa shape index (κ3) is 2.41. The third-order valence-corrected chi connectivity index (χ3v) is 6.91. The highest BCUT2D eigenvalue weighted by Crippen LogP contribution is 2.52. The molecule has 0 N–H and O–H groups in total. The molecule has 0 aromatic heterocycles. The summed E-state index contributed by atoms with van der Waals surface area (Å²) in [5, 5.41) is 0. The lowest BCUT2D eigenvalue weighted by molar-refractivity contribution is -0.765. The quantitative estimate of drug-likeness (QED) is 0.369. The van der Waals surface area contributed by atoms with Crippen LogP contribution in [-0.2, 0) is 0 Å². The first-order chi connectivity index (χ1) is 9.52. The highest BCUT2D eigenvalue weighted by atomic mass is 79.9. The van der Waals surface area contributed by atoms with Crippen molar-refractivity contribution in [2.75, 3.05) is 7.05 Å².